The summed E-state index contributed by atoms with van der Waals surface area (Å²) in [5.41, 5.74) is -0.454. The molecule has 0 aromatic carbocycles. The van der Waals surface area contributed by atoms with Gasteiger partial charge in [0, 0.05) is 22.8 Å². The van der Waals surface area contributed by atoms with E-state index in [0.29, 0.717) is 19.4 Å². The number of carboxylic acids is 1. The fourth-order valence-electron chi connectivity index (χ4n) is 2.18. The highest BCUT2D eigenvalue weighted by Gasteiger charge is 2.34. The minimum absolute atomic E-state index is 0.181. The molecule has 0 atom stereocenters. The van der Waals surface area contributed by atoms with E-state index in [0.717, 1.165) is 6.54 Å². The highest BCUT2D eigenvalue weighted by Crippen LogP contribution is 2.30. The number of hydrogen-bond donors (Lipinski definition) is 2. The fraction of sp³-hybridized carbons (Fsp3) is 0.688. The molecule has 1 rings (SSSR count). The quantitative estimate of drug-likeness (QED) is 0.799. The smallest absolute Gasteiger partial charge is 0.310 e. The molecule has 2 N–H and O–H groups in total. The van der Waals surface area contributed by atoms with Crippen LogP contribution < -0.4 is 5.32 Å². The Labute approximate surface area is 126 Å². The van der Waals surface area contributed by atoms with Gasteiger partial charge in [0.05, 0.1) is 5.41 Å². The maximum atomic E-state index is 11.4. The number of nitrogens with one attached hydrogen (secondary N) is 1. The summed E-state index contributed by atoms with van der Waals surface area (Å²) in [6, 6.07) is 4.31. The predicted molar refractivity (Wildman–Crippen MR) is 85.4 cm³/mol. The Balaban J connectivity index is 2.60. The zero-order chi connectivity index (χ0) is 15.4. The molecule has 0 radical (unpaired) electrons. The Morgan fingerprint density at radius 3 is 2.25 bits per heavy atom. The number of thiophene rings is 1. The summed E-state index contributed by atoms with van der Waals surface area (Å²) >= 11 is 1.80. The maximum Gasteiger partial charge on any atom is 0.310 e. The molecule has 0 saturated carbocycles. The first kappa shape index (κ1) is 17.2. The van der Waals surface area contributed by atoms with Crippen LogP contribution in [-0.2, 0) is 16.8 Å². The van der Waals surface area contributed by atoms with Crippen LogP contribution in [0.15, 0.2) is 12.1 Å². The summed E-state index contributed by atoms with van der Waals surface area (Å²) in [5.74, 6) is -0.698. The van der Waals surface area contributed by atoms with Crippen molar-refractivity contribution >= 4 is 17.3 Å². The summed E-state index contributed by atoms with van der Waals surface area (Å²) in [4.78, 5) is 14.1. The van der Waals surface area contributed by atoms with Gasteiger partial charge in [-0.05, 0) is 30.4 Å². The van der Waals surface area contributed by atoms with Crippen LogP contribution in [0.1, 0.15) is 57.2 Å². The van der Waals surface area contributed by atoms with Crippen molar-refractivity contribution in [3.05, 3.63) is 21.9 Å². The molecule has 0 spiro atoms. The Hall–Kier alpha value is -0.870. The van der Waals surface area contributed by atoms with Gasteiger partial charge in [0.25, 0.3) is 0 Å². The lowest BCUT2D eigenvalue weighted by Crippen LogP contribution is -2.39. The van der Waals surface area contributed by atoms with Crippen LogP contribution >= 0.6 is 11.3 Å². The lowest BCUT2D eigenvalue weighted by Gasteiger charge is -2.26. The zero-order valence-electron chi connectivity index (χ0n) is 13.2. The number of hydrogen-bond acceptors (Lipinski definition) is 3. The van der Waals surface area contributed by atoms with Gasteiger partial charge in [-0.25, -0.2) is 0 Å². The normalized spacial score (nSPS) is 12.7. The average molecular weight is 297 g/mol. The third-order valence-electron chi connectivity index (χ3n) is 3.97. The molecule has 0 bridgehead atoms. The van der Waals surface area contributed by atoms with Crippen molar-refractivity contribution in [2.75, 3.05) is 6.54 Å². The van der Waals surface area contributed by atoms with E-state index in [2.05, 4.69) is 38.2 Å². The molecule has 3 nitrogen and oxygen atoms in total. The molecule has 1 heterocycles. The lowest BCUT2D eigenvalue weighted by molar-refractivity contribution is -0.149. The second-order valence-electron chi connectivity index (χ2n) is 6.41. The van der Waals surface area contributed by atoms with Crippen LogP contribution in [0.2, 0.25) is 0 Å². The van der Waals surface area contributed by atoms with Crippen molar-refractivity contribution in [3.63, 3.8) is 0 Å². The van der Waals surface area contributed by atoms with E-state index in [1.165, 1.54) is 9.75 Å². The van der Waals surface area contributed by atoms with Crippen LogP contribution in [0.25, 0.3) is 0 Å². The van der Waals surface area contributed by atoms with E-state index in [1.807, 2.05) is 13.8 Å². The van der Waals surface area contributed by atoms with Gasteiger partial charge in [-0.1, -0.05) is 34.6 Å². The number of rotatable bonds is 7. The van der Waals surface area contributed by atoms with Gasteiger partial charge in [-0.3, -0.25) is 4.79 Å². The summed E-state index contributed by atoms with van der Waals surface area (Å²) < 4.78 is 0. The van der Waals surface area contributed by atoms with Crippen LogP contribution in [0, 0.1) is 5.41 Å². The van der Waals surface area contributed by atoms with Crippen molar-refractivity contribution in [2.45, 2.75) is 59.4 Å². The molecule has 1 aromatic rings. The standard InChI is InChI=1S/C16H27NO2S/c1-6-16(7-2,14(18)19)11-17-10-12-8-9-13(20-12)15(3,4)5/h8-9,17H,6-7,10-11H2,1-5H3,(H,18,19). The van der Waals surface area contributed by atoms with E-state index < -0.39 is 11.4 Å². The predicted octanol–water partition coefficient (Wildman–Crippen LogP) is 4.03. The minimum atomic E-state index is -0.698. The molecule has 0 amide bonds. The summed E-state index contributed by atoms with van der Waals surface area (Å²) in [5, 5.41) is 12.7. The first-order valence-corrected chi connectivity index (χ1v) is 8.10. The molecule has 1 aromatic heterocycles. The Kier molecular flexibility index (Phi) is 5.78. The highest BCUT2D eigenvalue weighted by molar-refractivity contribution is 7.12. The van der Waals surface area contributed by atoms with Crippen LogP contribution in [0.4, 0.5) is 0 Å². The van der Waals surface area contributed by atoms with E-state index in [1.54, 1.807) is 11.3 Å². The first-order chi connectivity index (χ1) is 9.25. The topological polar surface area (TPSA) is 49.3 Å². The van der Waals surface area contributed by atoms with E-state index in [-0.39, 0.29) is 5.41 Å². The third-order valence-corrected chi connectivity index (χ3v) is 5.48. The summed E-state index contributed by atoms with van der Waals surface area (Å²) in [7, 11) is 0. The van der Waals surface area contributed by atoms with E-state index in [4.69, 9.17) is 0 Å². The van der Waals surface area contributed by atoms with Gasteiger partial charge in [0.2, 0.25) is 0 Å². The molecular weight excluding hydrogens is 270 g/mol. The van der Waals surface area contributed by atoms with Gasteiger partial charge in [-0.15, -0.1) is 11.3 Å². The molecule has 0 aliphatic rings. The van der Waals surface area contributed by atoms with Gasteiger partial charge in [0.15, 0.2) is 0 Å². The Morgan fingerprint density at radius 2 is 1.85 bits per heavy atom. The Bertz CT molecular complexity index is 442. The molecule has 0 saturated heterocycles. The van der Waals surface area contributed by atoms with Gasteiger partial charge >= 0.3 is 5.97 Å². The fourth-order valence-corrected chi connectivity index (χ4v) is 3.21. The van der Waals surface area contributed by atoms with Crippen molar-refractivity contribution in [2.24, 2.45) is 5.41 Å². The van der Waals surface area contributed by atoms with Crippen LogP contribution in [0.5, 0.6) is 0 Å². The summed E-state index contributed by atoms with van der Waals surface area (Å²) in [6.45, 7) is 11.8. The molecular formula is C16H27NO2S. The molecule has 0 aliphatic carbocycles. The average Bonchev–Trinajstić information content (AvgIpc) is 2.83. The lowest BCUT2D eigenvalue weighted by atomic mass is 9.82. The SMILES string of the molecule is CCC(CC)(CNCc1ccc(C(C)(C)C)s1)C(=O)O. The number of carboxylic acid groups (broad SMARTS) is 1. The molecule has 114 valence electrons. The Morgan fingerprint density at radius 1 is 1.25 bits per heavy atom. The zero-order valence-corrected chi connectivity index (χ0v) is 14.1. The molecule has 0 unspecified atom stereocenters. The minimum Gasteiger partial charge on any atom is -0.481 e. The third kappa shape index (κ3) is 4.06. The van der Waals surface area contributed by atoms with Gasteiger partial charge in [-0.2, -0.15) is 0 Å². The van der Waals surface area contributed by atoms with Crippen LogP contribution in [0.3, 0.4) is 0 Å². The second-order valence-corrected chi connectivity index (χ2v) is 7.58. The molecule has 0 aliphatic heterocycles. The van der Waals surface area contributed by atoms with Gasteiger partial charge in [0.1, 0.15) is 0 Å². The summed E-state index contributed by atoms with van der Waals surface area (Å²) in [6.07, 6.45) is 1.31. The largest absolute Gasteiger partial charge is 0.481 e. The molecule has 0 fully saturated rings. The number of aliphatic carboxylic acids is 1. The second kappa shape index (κ2) is 6.72. The van der Waals surface area contributed by atoms with E-state index in [9.17, 15) is 9.90 Å². The molecule has 4 heteroatoms. The van der Waals surface area contributed by atoms with Crippen molar-refractivity contribution in [1.82, 2.24) is 5.32 Å². The van der Waals surface area contributed by atoms with Crippen molar-refractivity contribution in [1.29, 1.82) is 0 Å². The number of carbonyl (C=O) groups is 1. The van der Waals surface area contributed by atoms with Crippen LogP contribution in [-0.4, -0.2) is 17.6 Å². The monoisotopic (exact) mass is 297 g/mol. The van der Waals surface area contributed by atoms with Crippen molar-refractivity contribution < 1.29 is 9.90 Å². The first-order valence-electron chi connectivity index (χ1n) is 7.28. The van der Waals surface area contributed by atoms with Crippen molar-refractivity contribution in [3.8, 4) is 0 Å². The highest BCUT2D eigenvalue weighted by atomic mass is 32.1. The van der Waals surface area contributed by atoms with E-state index >= 15 is 0 Å². The molecule has 20 heavy (non-hydrogen) atoms. The van der Waals surface area contributed by atoms with Gasteiger partial charge < -0.3 is 10.4 Å². The maximum absolute atomic E-state index is 11.4.